The van der Waals surface area contributed by atoms with E-state index in [0.717, 1.165) is 74.7 Å². The molecule has 3 heteroatoms. The van der Waals surface area contributed by atoms with E-state index in [1.807, 2.05) is 61.7 Å². The maximum absolute atomic E-state index is 5.02. The van der Waals surface area contributed by atoms with Crippen molar-refractivity contribution in [1.82, 2.24) is 0 Å². The topological polar surface area (TPSA) is 18.8 Å². The van der Waals surface area contributed by atoms with Gasteiger partial charge in [0.25, 0.3) is 0 Å². The maximum Gasteiger partial charge on any atom is 0.0737 e. The smallest absolute Gasteiger partial charge is 0.0737 e. The maximum atomic E-state index is 5.02. The Bertz CT molecular complexity index is 2290. The molecular weight excluding hydrogens is 727 g/mol. The highest BCUT2D eigenvalue weighted by Gasteiger charge is 2.14. The fourth-order valence-corrected chi connectivity index (χ4v) is 6.61. The Labute approximate surface area is 361 Å². The average Bonchev–Trinajstić information content (AvgIpc) is 3.37. The van der Waals surface area contributed by atoms with E-state index in [1.54, 1.807) is 0 Å². The SMILES string of the molecule is C=C\C=C/C(=C\Cc1ccccc1N(C)c1ccc(C(/N=C\C(C=C)=C\C=C/C)=C(\C=C/CC)CC=C)cc1)C(/C=C1\CN(c2ccccc2)C/C=C\C=C/C1=C)=C/C=C. The van der Waals surface area contributed by atoms with Crippen LogP contribution in [0.3, 0.4) is 0 Å². The van der Waals surface area contributed by atoms with E-state index in [4.69, 9.17) is 4.99 Å². The van der Waals surface area contributed by atoms with Gasteiger partial charge in [0, 0.05) is 49.0 Å². The summed E-state index contributed by atoms with van der Waals surface area (Å²) in [7, 11) is 2.12. The van der Waals surface area contributed by atoms with Crippen LogP contribution in [0.5, 0.6) is 0 Å². The van der Waals surface area contributed by atoms with Crippen LogP contribution < -0.4 is 9.80 Å². The van der Waals surface area contributed by atoms with Crippen LogP contribution in [-0.4, -0.2) is 26.4 Å². The second kappa shape index (κ2) is 25.4. The predicted octanol–water partition coefficient (Wildman–Crippen LogP) is 14.9. The molecule has 3 aromatic rings. The molecule has 0 saturated carbocycles. The zero-order valence-electron chi connectivity index (χ0n) is 35.9. The van der Waals surface area contributed by atoms with E-state index in [0.29, 0.717) is 19.4 Å². The Balaban J connectivity index is 1.71. The molecule has 3 nitrogen and oxygen atoms in total. The summed E-state index contributed by atoms with van der Waals surface area (Å²) < 4.78 is 0. The number of para-hydroxylation sites is 2. The second-order valence-corrected chi connectivity index (χ2v) is 14.1. The third-order valence-electron chi connectivity index (χ3n) is 9.84. The quantitative estimate of drug-likeness (QED) is 0.0684. The molecule has 0 N–H and O–H groups in total. The van der Waals surface area contributed by atoms with Crippen LogP contribution in [0.4, 0.5) is 17.1 Å². The lowest BCUT2D eigenvalue weighted by molar-refractivity contribution is 0.929. The molecule has 0 amide bonds. The van der Waals surface area contributed by atoms with Crippen molar-refractivity contribution in [2.45, 2.75) is 33.1 Å². The van der Waals surface area contributed by atoms with Gasteiger partial charge in [0.1, 0.15) is 0 Å². The third-order valence-corrected chi connectivity index (χ3v) is 9.84. The van der Waals surface area contributed by atoms with Gasteiger partial charge in [-0.2, -0.15) is 0 Å². The monoisotopic (exact) mass is 787 g/mol. The van der Waals surface area contributed by atoms with E-state index in [1.165, 1.54) is 5.56 Å². The first-order chi connectivity index (χ1) is 29.4. The fourth-order valence-electron chi connectivity index (χ4n) is 6.61. The first kappa shape index (κ1) is 45.7. The Kier molecular flexibility index (Phi) is 19.4. The largest absolute Gasteiger partial charge is 0.363 e. The van der Waals surface area contributed by atoms with Gasteiger partial charge in [-0.05, 0) is 102 Å². The predicted molar refractivity (Wildman–Crippen MR) is 267 cm³/mol. The van der Waals surface area contributed by atoms with Crippen molar-refractivity contribution in [3.8, 4) is 0 Å². The molecule has 0 aliphatic carbocycles. The van der Waals surface area contributed by atoms with Crippen molar-refractivity contribution in [3.63, 3.8) is 0 Å². The van der Waals surface area contributed by atoms with E-state index in [-0.39, 0.29) is 0 Å². The molecule has 0 atom stereocenters. The van der Waals surface area contributed by atoms with Crippen molar-refractivity contribution < 1.29 is 0 Å². The number of rotatable bonds is 19. The molecule has 0 spiro atoms. The molecule has 0 aromatic heterocycles. The summed E-state index contributed by atoms with van der Waals surface area (Å²) in [6.07, 6.45) is 41.1. The molecule has 1 aliphatic heterocycles. The lowest BCUT2D eigenvalue weighted by Gasteiger charge is -2.25. The summed E-state index contributed by atoms with van der Waals surface area (Å²) in [5.74, 6) is 0. The molecule has 0 radical (unpaired) electrons. The van der Waals surface area contributed by atoms with Gasteiger partial charge in [0.05, 0.1) is 5.70 Å². The third kappa shape index (κ3) is 13.9. The number of hydrogen-bond acceptors (Lipinski definition) is 3. The Morgan fingerprint density at radius 3 is 2.32 bits per heavy atom. The van der Waals surface area contributed by atoms with Crippen LogP contribution in [0.2, 0.25) is 0 Å². The second-order valence-electron chi connectivity index (χ2n) is 14.1. The number of nitrogens with zero attached hydrogens (tertiary/aromatic N) is 3. The molecule has 0 unspecified atom stereocenters. The molecule has 0 saturated heterocycles. The van der Waals surface area contributed by atoms with Crippen LogP contribution in [-0.2, 0) is 6.42 Å². The van der Waals surface area contributed by atoms with Crippen LogP contribution >= 0.6 is 0 Å². The summed E-state index contributed by atoms with van der Waals surface area (Å²) in [6.45, 7) is 26.2. The van der Waals surface area contributed by atoms with Crippen LogP contribution in [0, 0.1) is 0 Å². The van der Waals surface area contributed by atoms with Crippen molar-refractivity contribution in [3.05, 3.63) is 266 Å². The van der Waals surface area contributed by atoms with Gasteiger partial charge in [-0.15, -0.1) is 6.58 Å². The van der Waals surface area contributed by atoms with Gasteiger partial charge < -0.3 is 9.80 Å². The van der Waals surface area contributed by atoms with Crippen LogP contribution in [0.25, 0.3) is 5.70 Å². The van der Waals surface area contributed by atoms with Gasteiger partial charge >= 0.3 is 0 Å². The molecule has 4 rings (SSSR count). The highest BCUT2D eigenvalue weighted by Crippen LogP contribution is 2.32. The van der Waals surface area contributed by atoms with Gasteiger partial charge in [-0.3, -0.25) is 4.99 Å². The fraction of sp³-hybridized carbons (Fsp3) is 0.140. The Hall–Kier alpha value is -6.97. The number of benzene rings is 3. The minimum absolute atomic E-state index is 0.702. The van der Waals surface area contributed by atoms with Crippen molar-refractivity contribution >= 4 is 29.0 Å². The molecule has 304 valence electrons. The van der Waals surface area contributed by atoms with E-state index < -0.39 is 0 Å². The first-order valence-corrected chi connectivity index (χ1v) is 20.6. The molecule has 3 aromatic carbocycles. The van der Waals surface area contributed by atoms with Gasteiger partial charge in [0.15, 0.2) is 0 Å². The molecule has 0 fully saturated rings. The van der Waals surface area contributed by atoms with Crippen LogP contribution in [0.1, 0.15) is 37.8 Å². The lowest BCUT2D eigenvalue weighted by Crippen LogP contribution is -2.26. The van der Waals surface area contributed by atoms with E-state index in [2.05, 4.69) is 196 Å². The van der Waals surface area contributed by atoms with Gasteiger partial charge in [-0.25, -0.2) is 0 Å². The zero-order chi connectivity index (χ0) is 43.0. The Morgan fingerprint density at radius 1 is 0.850 bits per heavy atom. The zero-order valence-corrected chi connectivity index (χ0v) is 35.9. The summed E-state index contributed by atoms with van der Waals surface area (Å²) in [5, 5.41) is 0. The minimum atomic E-state index is 0.702. The highest BCUT2D eigenvalue weighted by molar-refractivity contribution is 5.88. The standard InChI is InChI=1S/C57H61N3/c1-9-15-29-47(14-6)44-58-57(50(26-12-4)31-17-11-3)51-38-40-54(41-39-51)59(8)56-35-24-23-32-49(56)37-36-48(30-16-10-2)52(27-13-5)43-53-45-60(55-33-21-18-22-34-55)42-25-19-20-28-46(53)7/h9-10,12-25,27-36,38-41,43-44H,2,4-7,11,26,37,42,45H2,1,3,8H3/b15-9-,25-19-,28-20-,30-16-,31-17-,47-29+,48-36+,52-27+,53-43+,57-50+,58-44-. The summed E-state index contributed by atoms with van der Waals surface area (Å²) in [6, 6.07) is 27.7. The lowest BCUT2D eigenvalue weighted by atomic mass is 9.96. The Morgan fingerprint density at radius 2 is 1.62 bits per heavy atom. The van der Waals surface area contributed by atoms with E-state index >= 15 is 0 Å². The van der Waals surface area contributed by atoms with Crippen molar-refractivity contribution in [1.29, 1.82) is 0 Å². The first-order valence-electron chi connectivity index (χ1n) is 20.6. The van der Waals surface area contributed by atoms with Gasteiger partial charge in [-0.1, -0.05) is 185 Å². The van der Waals surface area contributed by atoms with E-state index in [9.17, 15) is 0 Å². The minimum Gasteiger partial charge on any atom is -0.363 e. The number of hydrogen-bond donors (Lipinski definition) is 0. The summed E-state index contributed by atoms with van der Waals surface area (Å²) in [5.41, 5.74) is 12.7. The molecular formula is C57H61N3. The highest BCUT2D eigenvalue weighted by atomic mass is 15.1. The van der Waals surface area contributed by atoms with Crippen LogP contribution in [0.15, 0.2) is 260 Å². The number of aliphatic imine (C=N–C) groups is 1. The number of allylic oxidation sites excluding steroid dienone is 21. The summed E-state index contributed by atoms with van der Waals surface area (Å²) >= 11 is 0. The van der Waals surface area contributed by atoms with Gasteiger partial charge in [0.2, 0.25) is 0 Å². The number of anilines is 3. The molecule has 1 heterocycles. The normalized spacial score (nSPS) is 16.5. The summed E-state index contributed by atoms with van der Waals surface area (Å²) in [4.78, 5) is 9.63. The molecule has 1 aliphatic rings. The van der Waals surface area contributed by atoms with Crippen molar-refractivity contribution in [2.75, 3.05) is 29.9 Å². The average molecular weight is 788 g/mol. The molecule has 60 heavy (non-hydrogen) atoms. The molecule has 0 bridgehead atoms. The van der Waals surface area contributed by atoms with Crippen molar-refractivity contribution in [2.24, 2.45) is 4.99 Å².